The Balaban J connectivity index is 3.50. The van der Waals surface area contributed by atoms with E-state index in [2.05, 4.69) is 31.9 Å². The van der Waals surface area contributed by atoms with Gasteiger partial charge in [-0.15, -0.1) is 0 Å². The van der Waals surface area contributed by atoms with Crippen molar-refractivity contribution in [3.8, 4) is 0 Å². The lowest BCUT2D eigenvalue weighted by Crippen LogP contribution is -2.15. The molecule has 0 aromatic heterocycles. The number of hydrogen-bond acceptors (Lipinski definition) is 3. The first kappa shape index (κ1) is 13.1. The van der Waals surface area contributed by atoms with Gasteiger partial charge < -0.3 is 5.73 Å². The van der Waals surface area contributed by atoms with E-state index in [1.165, 1.54) is 0 Å². The van der Waals surface area contributed by atoms with Crippen LogP contribution in [0.25, 0.3) is 0 Å². The van der Waals surface area contributed by atoms with Crippen molar-refractivity contribution in [2.24, 2.45) is 5.73 Å². The topological polar surface area (TPSA) is 86.2 Å². The first-order valence-electron chi connectivity index (χ1n) is 4.24. The number of amides is 1. The molecule has 0 aliphatic carbocycles. The van der Waals surface area contributed by atoms with E-state index in [4.69, 9.17) is 5.73 Å². The van der Waals surface area contributed by atoms with Gasteiger partial charge in [0, 0.05) is 14.5 Å². The summed E-state index contributed by atoms with van der Waals surface area (Å²) in [6.45, 7) is 1.61. The van der Waals surface area contributed by atoms with Crippen LogP contribution in [0.15, 0.2) is 15.0 Å². The van der Waals surface area contributed by atoms with Crippen LogP contribution in [0.4, 0.5) is 5.69 Å². The van der Waals surface area contributed by atoms with Gasteiger partial charge in [0.25, 0.3) is 5.69 Å². The SMILES string of the molecule is Cc1c(Br)cc(Br)c(CC(N)=O)c1[N+](=O)[O-]. The van der Waals surface area contributed by atoms with E-state index in [-0.39, 0.29) is 12.1 Å². The zero-order chi connectivity index (χ0) is 12.5. The van der Waals surface area contributed by atoms with Gasteiger partial charge in [0.2, 0.25) is 5.91 Å². The van der Waals surface area contributed by atoms with Crippen LogP contribution < -0.4 is 5.73 Å². The Morgan fingerprint density at radius 2 is 2.06 bits per heavy atom. The minimum atomic E-state index is -0.606. The number of benzene rings is 1. The van der Waals surface area contributed by atoms with E-state index in [1.807, 2.05) is 0 Å². The lowest BCUT2D eigenvalue weighted by Gasteiger charge is -2.08. The molecule has 0 atom stereocenters. The highest BCUT2D eigenvalue weighted by molar-refractivity contribution is 9.11. The van der Waals surface area contributed by atoms with Crippen LogP contribution in [0, 0.1) is 17.0 Å². The van der Waals surface area contributed by atoms with Crippen molar-refractivity contribution in [3.05, 3.63) is 36.3 Å². The van der Waals surface area contributed by atoms with E-state index >= 15 is 0 Å². The van der Waals surface area contributed by atoms with Crippen LogP contribution in [0.5, 0.6) is 0 Å². The third-order valence-corrected chi connectivity index (χ3v) is 3.61. The molecule has 0 bridgehead atoms. The number of hydrogen-bond donors (Lipinski definition) is 1. The highest BCUT2D eigenvalue weighted by Gasteiger charge is 2.23. The highest BCUT2D eigenvalue weighted by Crippen LogP contribution is 2.35. The Hall–Kier alpha value is -0.950. The van der Waals surface area contributed by atoms with Crippen LogP contribution in [0.1, 0.15) is 11.1 Å². The molecule has 2 N–H and O–H groups in total. The molecule has 0 fully saturated rings. The minimum absolute atomic E-state index is 0.0833. The lowest BCUT2D eigenvalue weighted by atomic mass is 10.1. The van der Waals surface area contributed by atoms with Crippen molar-refractivity contribution in [2.75, 3.05) is 0 Å². The zero-order valence-corrected chi connectivity index (χ0v) is 11.5. The van der Waals surface area contributed by atoms with Gasteiger partial charge >= 0.3 is 0 Å². The quantitative estimate of drug-likeness (QED) is 0.670. The molecular weight excluding hydrogens is 344 g/mol. The smallest absolute Gasteiger partial charge is 0.278 e. The Labute approximate surface area is 108 Å². The maximum Gasteiger partial charge on any atom is 0.278 e. The van der Waals surface area contributed by atoms with E-state index < -0.39 is 10.8 Å². The molecule has 0 saturated heterocycles. The molecule has 16 heavy (non-hydrogen) atoms. The second kappa shape index (κ2) is 4.92. The Morgan fingerprint density at radius 1 is 1.50 bits per heavy atom. The first-order chi connectivity index (χ1) is 7.34. The van der Waals surface area contributed by atoms with Crippen molar-refractivity contribution in [1.82, 2.24) is 0 Å². The molecule has 0 heterocycles. The normalized spacial score (nSPS) is 10.2. The molecule has 0 radical (unpaired) electrons. The Bertz CT molecular complexity index is 474. The standard InChI is InChI=1S/C9H8Br2N2O3/c1-4-6(10)3-7(11)5(2-8(12)14)9(4)13(15)16/h3H,2H2,1H3,(H2,12,14). The van der Waals surface area contributed by atoms with E-state index in [9.17, 15) is 14.9 Å². The predicted octanol–water partition coefficient (Wildman–Crippen LogP) is 2.46. The molecule has 1 aromatic carbocycles. The molecule has 1 amide bonds. The van der Waals surface area contributed by atoms with Gasteiger partial charge in [0.15, 0.2) is 0 Å². The fraction of sp³-hybridized carbons (Fsp3) is 0.222. The largest absolute Gasteiger partial charge is 0.369 e. The molecule has 86 valence electrons. The fourth-order valence-corrected chi connectivity index (χ4v) is 2.63. The summed E-state index contributed by atoms with van der Waals surface area (Å²) < 4.78 is 1.11. The van der Waals surface area contributed by atoms with Crippen molar-refractivity contribution in [1.29, 1.82) is 0 Å². The third kappa shape index (κ3) is 2.59. The number of halogens is 2. The molecule has 7 heteroatoms. The van der Waals surface area contributed by atoms with E-state index in [0.29, 0.717) is 20.1 Å². The average Bonchev–Trinajstić information content (AvgIpc) is 2.13. The number of carbonyl (C=O) groups is 1. The number of rotatable bonds is 3. The van der Waals surface area contributed by atoms with E-state index in [0.717, 1.165) is 0 Å². The summed E-state index contributed by atoms with van der Waals surface area (Å²) in [6, 6.07) is 1.67. The summed E-state index contributed by atoms with van der Waals surface area (Å²) in [5.74, 6) is -0.606. The summed E-state index contributed by atoms with van der Waals surface area (Å²) in [6.07, 6.45) is -0.162. The summed E-state index contributed by atoms with van der Waals surface area (Å²) >= 11 is 6.40. The second-order valence-electron chi connectivity index (χ2n) is 3.19. The third-order valence-electron chi connectivity index (χ3n) is 2.07. The molecule has 1 aromatic rings. The monoisotopic (exact) mass is 350 g/mol. The molecule has 1 rings (SSSR count). The summed E-state index contributed by atoms with van der Waals surface area (Å²) in [7, 11) is 0. The first-order valence-corrected chi connectivity index (χ1v) is 5.83. The van der Waals surface area contributed by atoms with Crippen molar-refractivity contribution >= 4 is 43.5 Å². The molecule has 0 aliphatic heterocycles. The number of nitrogens with zero attached hydrogens (tertiary/aromatic N) is 1. The summed E-state index contributed by atoms with van der Waals surface area (Å²) in [5, 5.41) is 10.9. The molecular formula is C9H8Br2N2O3. The number of primary amides is 1. The molecule has 0 aliphatic rings. The van der Waals surface area contributed by atoms with Gasteiger partial charge in [-0.05, 0) is 13.0 Å². The Kier molecular flexibility index (Phi) is 4.03. The van der Waals surface area contributed by atoms with Gasteiger partial charge in [-0.2, -0.15) is 0 Å². The maximum absolute atomic E-state index is 10.9. The maximum atomic E-state index is 10.9. The summed E-state index contributed by atoms with van der Waals surface area (Å²) in [4.78, 5) is 21.3. The van der Waals surface area contributed by atoms with Gasteiger partial charge in [-0.25, -0.2) is 0 Å². The van der Waals surface area contributed by atoms with Crippen LogP contribution >= 0.6 is 31.9 Å². The highest BCUT2D eigenvalue weighted by atomic mass is 79.9. The zero-order valence-electron chi connectivity index (χ0n) is 8.29. The average molecular weight is 352 g/mol. The van der Waals surface area contributed by atoms with Crippen molar-refractivity contribution < 1.29 is 9.72 Å². The Morgan fingerprint density at radius 3 is 2.50 bits per heavy atom. The van der Waals surface area contributed by atoms with Gasteiger partial charge in [0.1, 0.15) is 0 Å². The molecule has 0 unspecified atom stereocenters. The summed E-state index contributed by atoms with van der Waals surface area (Å²) in [5.41, 5.74) is 5.75. The van der Waals surface area contributed by atoms with E-state index in [1.54, 1.807) is 13.0 Å². The molecule has 0 spiro atoms. The lowest BCUT2D eigenvalue weighted by molar-refractivity contribution is -0.386. The van der Waals surface area contributed by atoms with Gasteiger partial charge in [-0.3, -0.25) is 14.9 Å². The van der Waals surface area contributed by atoms with Crippen molar-refractivity contribution in [2.45, 2.75) is 13.3 Å². The number of nitro benzene ring substituents is 1. The van der Waals surface area contributed by atoms with Crippen molar-refractivity contribution in [3.63, 3.8) is 0 Å². The molecule has 0 saturated carbocycles. The van der Waals surface area contributed by atoms with Gasteiger partial charge in [0.05, 0.1) is 16.9 Å². The molecule has 5 nitrogen and oxygen atoms in total. The second-order valence-corrected chi connectivity index (χ2v) is 4.90. The number of carbonyl (C=O) groups excluding carboxylic acids is 1. The van der Waals surface area contributed by atoms with Crippen LogP contribution in [0.2, 0.25) is 0 Å². The van der Waals surface area contributed by atoms with Crippen LogP contribution in [-0.4, -0.2) is 10.8 Å². The minimum Gasteiger partial charge on any atom is -0.369 e. The number of nitrogens with two attached hydrogens (primary N) is 1. The van der Waals surface area contributed by atoms with Crippen LogP contribution in [-0.2, 0) is 11.2 Å². The van der Waals surface area contributed by atoms with Gasteiger partial charge in [-0.1, -0.05) is 31.9 Å². The fourth-order valence-electron chi connectivity index (χ4n) is 1.35. The number of nitro groups is 1. The predicted molar refractivity (Wildman–Crippen MR) is 66.1 cm³/mol. The van der Waals surface area contributed by atoms with Crippen LogP contribution in [0.3, 0.4) is 0 Å².